The van der Waals surface area contributed by atoms with Crippen molar-refractivity contribution in [2.45, 2.75) is 25.1 Å². The van der Waals surface area contributed by atoms with Crippen molar-refractivity contribution < 1.29 is 31.6 Å². The molecule has 0 aromatic rings. The Labute approximate surface area is 99.4 Å². The predicted molar refractivity (Wildman–Crippen MR) is 57.2 cm³/mol. The zero-order valence-corrected chi connectivity index (χ0v) is 11.2. The minimum atomic E-state index is -4.69. The van der Waals surface area contributed by atoms with E-state index in [2.05, 4.69) is 0 Å². The second kappa shape index (κ2) is 5.96. The van der Waals surface area contributed by atoms with Gasteiger partial charge in [0.25, 0.3) is 0 Å². The molecule has 0 aliphatic rings. The molecule has 0 radical (unpaired) electrons. The zero-order chi connectivity index (χ0) is 13.7. The fourth-order valence-electron chi connectivity index (χ4n) is 1.00. The molecule has 102 valence electrons. The van der Waals surface area contributed by atoms with Crippen LogP contribution in [-0.2, 0) is 13.3 Å². The third-order valence-corrected chi connectivity index (χ3v) is 4.65. The molecule has 0 aromatic heterocycles. The van der Waals surface area contributed by atoms with E-state index < -0.39 is 27.0 Å². The summed E-state index contributed by atoms with van der Waals surface area (Å²) in [6, 6.07) is 0. The summed E-state index contributed by atoms with van der Waals surface area (Å²) in [5.74, 6) is 0. The molecule has 0 rings (SSSR count). The summed E-state index contributed by atoms with van der Waals surface area (Å²) in [4.78, 5) is 0. The van der Waals surface area contributed by atoms with E-state index in [1.807, 2.05) is 0 Å². The first-order chi connectivity index (χ1) is 7.64. The van der Waals surface area contributed by atoms with Gasteiger partial charge in [0, 0.05) is 27.8 Å². The SMILES string of the molecule is CO[Si](/C=C\CC(C)(O)C(F)(F)F)(OC)OC. The Balaban J connectivity index is 4.66. The molecule has 0 aromatic carbocycles. The van der Waals surface area contributed by atoms with Gasteiger partial charge < -0.3 is 18.4 Å². The first kappa shape index (κ1) is 16.6. The lowest BCUT2D eigenvalue weighted by Gasteiger charge is -2.25. The van der Waals surface area contributed by atoms with Gasteiger partial charge in [-0.05, 0) is 12.6 Å². The molecule has 0 aliphatic heterocycles. The van der Waals surface area contributed by atoms with Crippen molar-refractivity contribution in [2.24, 2.45) is 0 Å². The highest BCUT2D eigenvalue weighted by Gasteiger charge is 2.49. The van der Waals surface area contributed by atoms with Gasteiger partial charge in [-0.3, -0.25) is 0 Å². The molecule has 0 heterocycles. The van der Waals surface area contributed by atoms with Crippen LogP contribution >= 0.6 is 0 Å². The summed E-state index contributed by atoms with van der Waals surface area (Å²) < 4.78 is 51.9. The minimum Gasteiger partial charge on any atom is -0.380 e. The first-order valence-electron chi connectivity index (χ1n) is 4.76. The summed E-state index contributed by atoms with van der Waals surface area (Å²) in [6.45, 7) is 0.701. The molecule has 1 unspecified atom stereocenters. The van der Waals surface area contributed by atoms with Crippen molar-refractivity contribution >= 4 is 8.80 Å². The molecule has 0 bridgehead atoms. The molecule has 0 aliphatic carbocycles. The number of alkyl halides is 3. The van der Waals surface area contributed by atoms with Gasteiger partial charge in [-0.25, -0.2) is 0 Å². The lowest BCUT2D eigenvalue weighted by atomic mass is 10.0. The average molecular weight is 274 g/mol. The maximum absolute atomic E-state index is 12.3. The molecule has 1 N–H and O–H groups in total. The fourth-order valence-corrected chi connectivity index (χ4v) is 2.32. The smallest absolute Gasteiger partial charge is 0.380 e. The van der Waals surface area contributed by atoms with Crippen LogP contribution in [0.25, 0.3) is 0 Å². The second-order valence-electron chi connectivity index (χ2n) is 3.59. The van der Waals surface area contributed by atoms with Gasteiger partial charge in [0.05, 0.1) is 0 Å². The monoisotopic (exact) mass is 274 g/mol. The van der Waals surface area contributed by atoms with Crippen LogP contribution in [0.2, 0.25) is 0 Å². The van der Waals surface area contributed by atoms with Crippen molar-refractivity contribution in [1.29, 1.82) is 0 Å². The summed E-state index contributed by atoms with van der Waals surface area (Å²) in [5.41, 5.74) is -1.48. The van der Waals surface area contributed by atoms with E-state index >= 15 is 0 Å². The van der Waals surface area contributed by atoms with E-state index in [4.69, 9.17) is 13.3 Å². The molecule has 1 atom stereocenters. The molecule has 17 heavy (non-hydrogen) atoms. The standard InChI is InChI=1S/C9H17F3O4Si/c1-8(13,9(10,11)12)6-5-7-17(14-2,15-3)16-4/h5,7,13H,6H2,1-4H3/b7-5-. The van der Waals surface area contributed by atoms with E-state index in [9.17, 15) is 18.3 Å². The Kier molecular flexibility index (Phi) is 5.82. The van der Waals surface area contributed by atoms with Crippen molar-refractivity contribution in [1.82, 2.24) is 0 Å². The molecule has 0 spiro atoms. The molecular formula is C9H17F3O4Si. The van der Waals surface area contributed by atoms with E-state index in [-0.39, 0.29) is 0 Å². The van der Waals surface area contributed by atoms with E-state index in [0.717, 1.165) is 6.08 Å². The van der Waals surface area contributed by atoms with E-state index in [1.54, 1.807) is 0 Å². The highest BCUT2D eigenvalue weighted by atomic mass is 28.4. The highest BCUT2D eigenvalue weighted by molar-refractivity contribution is 6.66. The van der Waals surface area contributed by atoms with Gasteiger partial charge >= 0.3 is 15.0 Å². The molecule has 8 heteroatoms. The van der Waals surface area contributed by atoms with Crippen LogP contribution in [0.4, 0.5) is 13.2 Å². The van der Waals surface area contributed by atoms with Crippen molar-refractivity contribution in [3.63, 3.8) is 0 Å². The predicted octanol–water partition coefficient (Wildman–Crippen LogP) is 1.66. The zero-order valence-electron chi connectivity index (χ0n) is 10.2. The molecule has 0 saturated carbocycles. The van der Waals surface area contributed by atoms with Gasteiger partial charge in [-0.1, -0.05) is 6.08 Å². The topological polar surface area (TPSA) is 47.9 Å². The number of hydrogen-bond acceptors (Lipinski definition) is 4. The Morgan fingerprint density at radius 1 is 1.12 bits per heavy atom. The van der Waals surface area contributed by atoms with E-state index in [1.165, 1.54) is 27.0 Å². The molecule has 0 fully saturated rings. The maximum Gasteiger partial charge on any atom is 0.528 e. The number of aliphatic hydroxyl groups is 1. The third-order valence-electron chi connectivity index (χ3n) is 2.30. The van der Waals surface area contributed by atoms with Gasteiger partial charge in [0.2, 0.25) is 0 Å². The van der Waals surface area contributed by atoms with Crippen LogP contribution < -0.4 is 0 Å². The maximum atomic E-state index is 12.3. The Morgan fingerprint density at radius 2 is 1.53 bits per heavy atom. The van der Waals surface area contributed by atoms with Gasteiger partial charge in [0.15, 0.2) is 5.60 Å². The van der Waals surface area contributed by atoms with Gasteiger partial charge in [0.1, 0.15) is 0 Å². The van der Waals surface area contributed by atoms with Crippen molar-refractivity contribution in [2.75, 3.05) is 21.3 Å². The van der Waals surface area contributed by atoms with Gasteiger partial charge in [-0.2, -0.15) is 13.2 Å². The number of hydrogen-bond donors (Lipinski definition) is 1. The summed E-state index contributed by atoms with van der Waals surface area (Å²) in [6.07, 6.45) is -4.13. The molecule has 0 saturated heterocycles. The van der Waals surface area contributed by atoms with Crippen molar-refractivity contribution in [3.05, 3.63) is 11.8 Å². The van der Waals surface area contributed by atoms with Crippen molar-refractivity contribution in [3.8, 4) is 0 Å². The first-order valence-corrected chi connectivity index (χ1v) is 6.56. The Morgan fingerprint density at radius 3 is 1.82 bits per heavy atom. The Bertz CT molecular complexity index is 253. The van der Waals surface area contributed by atoms with Crippen LogP contribution in [0.3, 0.4) is 0 Å². The van der Waals surface area contributed by atoms with Gasteiger partial charge in [-0.15, -0.1) is 0 Å². The largest absolute Gasteiger partial charge is 0.528 e. The lowest BCUT2D eigenvalue weighted by molar-refractivity contribution is -0.251. The minimum absolute atomic E-state index is 0.596. The van der Waals surface area contributed by atoms with Crippen LogP contribution in [0.15, 0.2) is 11.8 Å². The summed E-state index contributed by atoms with van der Waals surface area (Å²) in [5, 5.41) is 9.18. The molecule has 0 amide bonds. The van der Waals surface area contributed by atoms with E-state index in [0.29, 0.717) is 6.92 Å². The summed E-state index contributed by atoms with van der Waals surface area (Å²) >= 11 is 0. The van der Waals surface area contributed by atoms with Crippen LogP contribution in [0.5, 0.6) is 0 Å². The third kappa shape index (κ3) is 4.40. The van der Waals surface area contributed by atoms with Crippen LogP contribution in [-0.4, -0.2) is 47.0 Å². The fraction of sp³-hybridized carbons (Fsp3) is 0.778. The molecule has 4 nitrogen and oxygen atoms in total. The summed E-state index contributed by atoms with van der Waals surface area (Å²) in [7, 11) is 0.981. The number of halogens is 3. The second-order valence-corrected chi connectivity index (χ2v) is 6.36. The quantitative estimate of drug-likeness (QED) is 0.748. The highest BCUT2D eigenvalue weighted by Crippen LogP contribution is 2.32. The average Bonchev–Trinajstić information content (AvgIpc) is 2.23. The normalized spacial score (nSPS) is 17.4. The Hall–Kier alpha value is -0.413. The van der Waals surface area contributed by atoms with Crippen LogP contribution in [0, 0.1) is 0 Å². The number of rotatable bonds is 6. The molecular weight excluding hydrogens is 257 g/mol. The van der Waals surface area contributed by atoms with Crippen LogP contribution in [0.1, 0.15) is 13.3 Å². The lowest BCUT2D eigenvalue weighted by Crippen LogP contribution is -2.43.